The summed E-state index contributed by atoms with van der Waals surface area (Å²) in [4.78, 5) is 12.7. The van der Waals surface area contributed by atoms with Crippen molar-refractivity contribution in [1.82, 2.24) is 15.1 Å². The first kappa shape index (κ1) is 7.65. The van der Waals surface area contributed by atoms with Crippen LogP contribution in [-0.2, 0) is 0 Å². The van der Waals surface area contributed by atoms with Gasteiger partial charge in [0.25, 0.3) is 5.91 Å². The van der Waals surface area contributed by atoms with E-state index in [4.69, 9.17) is 0 Å². The van der Waals surface area contributed by atoms with E-state index in [0.717, 1.165) is 0 Å². The highest BCUT2D eigenvalue weighted by Crippen LogP contribution is 1.96. The highest BCUT2D eigenvalue weighted by Gasteiger charge is 2.05. The van der Waals surface area contributed by atoms with Crippen LogP contribution in [0.1, 0.15) is 10.4 Å². The Kier molecular flexibility index (Phi) is 2.15. The van der Waals surface area contributed by atoms with E-state index >= 15 is 0 Å². The van der Waals surface area contributed by atoms with Gasteiger partial charge in [0.1, 0.15) is 0 Å². The number of carbonyl (C=O) groups excluding carboxylic acids is 1. The minimum atomic E-state index is -0.0556. The molecule has 0 saturated carbocycles. The molecular weight excluding hydrogens is 142 g/mol. The maximum atomic E-state index is 11.2. The summed E-state index contributed by atoms with van der Waals surface area (Å²) in [5.74, 6) is -0.0556. The van der Waals surface area contributed by atoms with E-state index in [1.807, 2.05) is 0 Å². The van der Waals surface area contributed by atoms with Crippen LogP contribution in [-0.4, -0.2) is 35.1 Å². The van der Waals surface area contributed by atoms with Crippen molar-refractivity contribution >= 4 is 5.91 Å². The van der Waals surface area contributed by atoms with Gasteiger partial charge < -0.3 is 4.90 Å². The number of hydrogen-bond donors (Lipinski definition) is 0. The molecule has 4 heteroatoms. The quantitative estimate of drug-likeness (QED) is 0.575. The summed E-state index contributed by atoms with van der Waals surface area (Å²) in [6, 6.07) is 1.63. The largest absolute Gasteiger partial charge is 0.345 e. The number of nitrogens with zero attached hydrogens (tertiary/aromatic N) is 3. The smallest absolute Gasteiger partial charge is 0.255 e. The molecule has 0 spiro atoms. The molecule has 1 heterocycles. The molecule has 58 valence electrons. The minimum Gasteiger partial charge on any atom is -0.345 e. The number of aromatic nitrogens is 2. The van der Waals surface area contributed by atoms with Crippen LogP contribution in [0.4, 0.5) is 0 Å². The van der Waals surface area contributed by atoms with Crippen LogP contribution >= 0.6 is 0 Å². The maximum Gasteiger partial charge on any atom is 0.255 e. The third-order valence-corrected chi connectivity index (χ3v) is 1.24. The fourth-order valence-electron chi connectivity index (χ4n) is 0.675. The van der Waals surface area contributed by atoms with Gasteiger partial charge in [0.2, 0.25) is 0 Å². The Balaban J connectivity index is 2.86. The van der Waals surface area contributed by atoms with Crippen molar-refractivity contribution in [3.05, 3.63) is 24.0 Å². The molecule has 11 heavy (non-hydrogen) atoms. The van der Waals surface area contributed by atoms with Crippen LogP contribution in [0.15, 0.2) is 18.5 Å². The van der Waals surface area contributed by atoms with Crippen molar-refractivity contribution < 1.29 is 4.79 Å². The highest BCUT2D eigenvalue weighted by molar-refractivity contribution is 5.93. The molecule has 0 atom stereocenters. The van der Waals surface area contributed by atoms with E-state index in [9.17, 15) is 4.79 Å². The molecule has 1 rings (SSSR count). The van der Waals surface area contributed by atoms with Gasteiger partial charge >= 0.3 is 0 Å². The van der Waals surface area contributed by atoms with Crippen molar-refractivity contribution in [3.63, 3.8) is 0 Å². The van der Waals surface area contributed by atoms with E-state index in [0.29, 0.717) is 5.56 Å². The van der Waals surface area contributed by atoms with Crippen molar-refractivity contribution in [2.24, 2.45) is 0 Å². The number of carbonyl (C=O) groups is 1. The minimum absolute atomic E-state index is 0.0556. The van der Waals surface area contributed by atoms with Crippen LogP contribution in [0.2, 0.25) is 0 Å². The zero-order valence-electron chi connectivity index (χ0n) is 6.48. The molecule has 0 N–H and O–H groups in total. The van der Waals surface area contributed by atoms with Gasteiger partial charge in [-0.3, -0.25) is 4.79 Å². The van der Waals surface area contributed by atoms with Crippen molar-refractivity contribution in [3.8, 4) is 0 Å². The molecule has 0 saturated heterocycles. The molecule has 1 aromatic rings. The molecule has 0 aliphatic heterocycles. The number of rotatable bonds is 1. The van der Waals surface area contributed by atoms with Gasteiger partial charge in [-0.15, -0.1) is 0 Å². The fraction of sp³-hybridized carbons (Fsp3) is 0.286. The normalized spacial score (nSPS) is 9.27. The Labute approximate surface area is 64.9 Å². The van der Waals surface area contributed by atoms with Crippen molar-refractivity contribution in [1.29, 1.82) is 0 Å². The predicted octanol–water partition coefficient (Wildman–Crippen LogP) is 0.178. The summed E-state index contributed by atoms with van der Waals surface area (Å²) in [6.07, 6.45) is 2.94. The Morgan fingerprint density at radius 3 is 2.64 bits per heavy atom. The van der Waals surface area contributed by atoms with Crippen LogP contribution in [0, 0.1) is 0 Å². The summed E-state index contributed by atoms with van der Waals surface area (Å²) in [6.45, 7) is 0. The van der Waals surface area contributed by atoms with Gasteiger partial charge in [-0.05, 0) is 6.07 Å². The molecule has 0 unspecified atom stereocenters. The van der Waals surface area contributed by atoms with Crippen LogP contribution in [0.3, 0.4) is 0 Å². The third kappa shape index (κ3) is 1.73. The lowest BCUT2D eigenvalue weighted by molar-refractivity contribution is 0.0827. The van der Waals surface area contributed by atoms with Gasteiger partial charge in [-0.1, -0.05) is 0 Å². The van der Waals surface area contributed by atoms with Crippen molar-refractivity contribution in [2.75, 3.05) is 14.1 Å². The SMILES string of the molecule is CN(C)C(=O)c1ccnnc1. The summed E-state index contributed by atoms with van der Waals surface area (Å²) in [5, 5.41) is 7.16. The zero-order valence-corrected chi connectivity index (χ0v) is 6.48. The molecular formula is C7H9N3O. The first-order valence-corrected chi connectivity index (χ1v) is 3.20. The number of amides is 1. The number of hydrogen-bond acceptors (Lipinski definition) is 3. The second kappa shape index (κ2) is 3.09. The van der Waals surface area contributed by atoms with E-state index < -0.39 is 0 Å². The molecule has 0 fully saturated rings. The fourth-order valence-corrected chi connectivity index (χ4v) is 0.675. The van der Waals surface area contributed by atoms with E-state index in [1.54, 1.807) is 20.2 Å². The van der Waals surface area contributed by atoms with Gasteiger partial charge in [0, 0.05) is 14.1 Å². The summed E-state index contributed by atoms with van der Waals surface area (Å²) < 4.78 is 0. The van der Waals surface area contributed by atoms with E-state index in [2.05, 4.69) is 10.2 Å². The van der Waals surface area contributed by atoms with Crippen molar-refractivity contribution in [2.45, 2.75) is 0 Å². The van der Waals surface area contributed by atoms with Crippen LogP contribution < -0.4 is 0 Å². The van der Waals surface area contributed by atoms with E-state index in [-0.39, 0.29) is 5.91 Å². The lowest BCUT2D eigenvalue weighted by Gasteiger charge is -2.08. The Morgan fingerprint density at radius 1 is 1.45 bits per heavy atom. The van der Waals surface area contributed by atoms with Gasteiger partial charge in [0.15, 0.2) is 0 Å². The highest BCUT2D eigenvalue weighted by atomic mass is 16.2. The average Bonchev–Trinajstić information content (AvgIpc) is 2.05. The molecule has 0 radical (unpaired) electrons. The third-order valence-electron chi connectivity index (χ3n) is 1.24. The first-order valence-electron chi connectivity index (χ1n) is 3.20. The molecule has 4 nitrogen and oxygen atoms in total. The van der Waals surface area contributed by atoms with Gasteiger partial charge in [-0.25, -0.2) is 0 Å². The topological polar surface area (TPSA) is 46.1 Å². The maximum absolute atomic E-state index is 11.2. The Bertz CT molecular complexity index is 245. The Hall–Kier alpha value is -1.45. The summed E-state index contributed by atoms with van der Waals surface area (Å²) in [7, 11) is 3.39. The lowest BCUT2D eigenvalue weighted by atomic mass is 10.3. The van der Waals surface area contributed by atoms with Gasteiger partial charge in [-0.2, -0.15) is 10.2 Å². The second-order valence-corrected chi connectivity index (χ2v) is 2.33. The molecule has 0 aliphatic rings. The molecule has 1 amide bonds. The monoisotopic (exact) mass is 151 g/mol. The van der Waals surface area contributed by atoms with E-state index in [1.165, 1.54) is 17.3 Å². The first-order chi connectivity index (χ1) is 5.22. The Morgan fingerprint density at radius 2 is 2.18 bits per heavy atom. The second-order valence-electron chi connectivity index (χ2n) is 2.33. The van der Waals surface area contributed by atoms with Crippen LogP contribution in [0.5, 0.6) is 0 Å². The summed E-state index contributed by atoms with van der Waals surface area (Å²) in [5.41, 5.74) is 0.560. The zero-order chi connectivity index (χ0) is 8.27. The molecule has 0 aromatic carbocycles. The molecule has 1 aromatic heterocycles. The van der Waals surface area contributed by atoms with Crippen LogP contribution in [0.25, 0.3) is 0 Å². The predicted molar refractivity (Wildman–Crippen MR) is 40.0 cm³/mol. The standard InChI is InChI=1S/C7H9N3O/c1-10(2)7(11)6-3-4-8-9-5-6/h3-5H,1-2H3. The lowest BCUT2D eigenvalue weighted by Crippen LogP contribution is -2.21. The summed E-state index contributed by atoms with van der Waals surface area (Å²) >= 11 is 0. The molecule has 0 aliphatic carbocycles. The average molecular weight is 151 g/mol. The van der Waals surface area contributed by atoms with Gasteiger partial charge in [0.05, 0.1) is 18.0 Å². The molecule has 0 bridgehead atoms.